The molecule has 1 amide bonds. The summed E-state index contributed by atoms with van der Waals surface area (Å²) in [5.41, 5.74) is 7.89. The summed E-state index contributed by atoms with van der Waals surface area (Å²) in [7, 11) is 0. The zero-order valence-electron chi connectivity index (χ0n) is 9.57. The zero-order valence-corrected chi connectivity index (χ0v) is 10.4. The Bertz CT molecular complexity index is 520. The Morgan fingerprint density at radius 3 is 2.88 bits per heavy atom. The molecular formula is C13H14N2OS. The van der Waals surface area contributed by atoms with Gasteiger partial charge in [0.25, 0.3) is 5.91 Å². The molecule has 4 heteroatoms. The number of carbonyl (C=O) groups excluding carboxylic acids is 1. The van der Waals surface area contributed by atoms with Crippen molar-refractivity contribution < 1.29 is 4.79 Å². The number of carbonyl (C=O) groups is 1. The second-order valence-electron chi connectivity index (χ2n) is 3.78. The molecule has 3 N–H and O–H groups in total. The van der Waals surface area contributed by atoms with Crippen LogP contribution in [0.4, 0.5) is 5.69 Å². The number of benzene rings is 1. The number of nitrogen functional groups attached to an aromatic ring is 1. The molecule has 0 aliphatic heterocycles. The van der Waals surface area contributed by atoms with Gasteiger partial charge >= 0.3 is 0 Å². The molecular weight excluding hydrogens is 232 g/mol. The van der Waals surface area contributed by atoms with Gasteiger partial charge in [-0.3, -0.25) is 4.79 Å². The third-order valence-corrected chi connectivity index (χ3v) is 3.50. The van der Waals surface area contributed by atoms with Gasteiger partial charge in [0.1, 0.15) is 0 Å². The Balaban J connectivity index is 2.07. The first kappa shape index (κ1) is 11.7. The first-order valence-corrected chi connectivity index (χ1v) is 6.22. The van der Waals surface area contributed by atoms with E-state index in [2.05, 4.69) is 5.32 Å². The van der Waals surface area contributed by atoms with E-state index in [9.17, 15) is 4.79 Å². The highest BCUT2D eigenvalue weighted by molar-refractivity contribution is 7.09. The van der Waals surface area contributed by atoms with Crippen LogP contribution in [0.1, 0.15) is 20.8 Å². The van der Waals surface area contributed by atoms with Gasteiger partial charge in [-0.15, -0.1) is 11.3 Å². The molecule has 0 fully saturated rings. The molecule has 17 heavy (non-hydrogen) atoms. The lowest BCUT2D eigenvalue weighted by Crippen LogP contribution is -2.23. The number of nitrogens with one attached hydrogen (secondary N) is 1. The number of amides is 1. The van der Waals surface area contributed by atoms with E-state index in [-0.39, 0.29) is 5.91 Å². The number of hydrogen-bond acceptors (Lipinski definition) is 3. The van der Waals surface area contributed by atoms with Gasteiger partial charge in [0.2, 0.25) is 0 Å². The van der Waals surface area contributed by atoms with Gasteiger partial charge in [-0.1, -0.05) is 12.1 Å². The quantitative estimate of drug-likeness (QED) is 0.818. The van der Waals surface area contributed by atoms with Crippen LogP contribution in [-0.2, 0) is 6.54 Å². The average Bonchev–Trinajstić information content (AvgIpc) is 2.82. The third-order valence-electron chi connectivity index (χ3n) is 2.62. The van der Waals surface area contributed by atoms with E-state index >= 15 is 0 Å². The van der Waals surface area contributed by atoms with Crippen LogP contribution in [0.3, 0.4) is 0 Å². The maximum absolute atomic E-state index is 12.0. The summed E-state index contributed by atoms with van der Waals surface area (Å²) in [5.74, 6) is -0.0804. The maximum atomic E-state index is 12.0. The minimum Gasteiger partial charge on any atom is -0.398 e. The van der Waals surface area contributed by atoms with Gasteiger partial charge < -0.3 is 11.1 Å². The molecule has 0 radical (unpaired) electrons. The summed E-state index contributed by atoms with van der Waals surface area (Å²) in [6, 6.07) is 9.35. The number of nitrogens with two attached hydrogens (primary N) is 1. The van der Waals surface area contributed by atoms with E-state index < -0.39 is 0 Å². The minimum absolute atomic E-state index is 0.0804. The predicted molar refractivity (Wildman–Crippen MR) is 71.1 cm³/mol. The highest BCUT2D eigenvalue weighted by atomic mass is 32.1. The molecule has 0 aliphatic carbocycles. The number of thiophene rings is 1. The summed E-state index contributed by atoms with van der Waals surface area (Å²) >= 11 is 1.63. The molecule has 0 aliphatic rings. The third kappa shape index (κ3) is 2.65. The summed E-state index contributed by atoms with van der Waals surface area (Å²) < 4.78 is 0. The largest absolute Gasteiger partial charge is 0.398 e. The van der Waals surface area contributed by atoms with Gasteiger partial charge in [-0.2, -0.15) is 0 Å². The molecule has 0 saturated heterocycles. The summed E-state index contributed by atoms with van der Waals surface area (Å²) in [6.45, 7) is 2.42. The molecule has 88 valence electrons. The second-order valence-corrected chi connectivity index (χ2v) is 4.81. The highest BCUT2D eigenvalue weighted by Crippen LogP contribution is 2.15. The van der Waals surface area contributed by atoms with E-state index in [1.54, 1.807) is 29.5 Å². The molecule has 1 aromatic carbocycles. The first-order chi connectivity index (χ1) is 8.18. The van der Waals surface area contributed by atoms with Gasteiger partial charge in [0.05, 0.1) is 6.54 Å². The molecule has 0 unspecified atom stereocenters. The Morgan fingerprint density at radius 1 is 1.35 bits per heavy atom. The van der Waals surface area contributed by atoms with Crippen LogP contribution in [0, 0.1) is 6.92 Å². The molecule has 0 bridgehead atoms. The molecule has 2 aromatic rings. The smallest absolute Gasteiger partial charge is 0.251 e. The molecule has 3 nitrogen and oxygen atoms in total. The van der Waals surface area contributed by atoms with E-state index in [0.717, 1.165) is 10.4 Å². The van der Waals surface area contributed by atoms with E-state index in [0.29, 0.717) is 17.8 Å². The van der Waals surface area contributed by atoms with E-state index in [1.165, 1.54) is 0 Å². The standard InChI is InChI=1S/C13H14N2OS/c1-9-11(5-2-6-12(9)14)13(16)15-8-10-4-3-7-17-10/h2-7H,8,14H2,1H3,(H,15,16). The normalized spacial score (nSPS) is 10.2. The van der Waals surface area contributed by atoms with Crippen LogP contribution >= 0.6 is 11.3 Å². The lowest BCUT2D eigenvalue weighted by atomic mass is 10.1. The molecule has 0 spiro atoms. The number of hydrogen-bond donors (Lipinski definition) is 2. The predicted octanol–water partition coefficient (Wildman–Crippen LogP) is 2.57. The second kappa shape index (κ2) is 5.01. The highest BCUT2D eigenvalue weighted by Gasteiger charge is 2.09. The number of anilines is 1. The fourth-order valence-electron chi connectivity index (χ4n) is 1.58. The monoisotopic (exact) mass is 246 g/mol. The van der Waals surface area contributed by atoms with E-state index in [1.807, 2.05) is 24.4 Å². The van der Waals surface area contributed by atoms with Crippen LogP contribution in [0.2, 0.25) is 0 Å². The lowest BCUT2D eigenvalue weighted by molar-refractivity contribution is 0.0950. The van der Waals surface area contributed by atoms with Gasteiger partial charge in [-0.05, 0) is 36.1 Å². The average molecular weight is 246 g/mol. The van der Waals surface area contributed by atoms with Crippen molar-refractivity contribution in [3.05, 3.63) is 51.7 Å². The molecule has 1 heterocycles. The Labute approximate surface area is 104 Å². The van der Waals surface area contributed by atoms with Crippen LogP contribution in [0.15, 0.2) is 35.7 Å². The van der Waals surface area contributed by atoms with Crippen molar-refractivity contribution in [1.29, 1.82) is 0 Å². The zero-order chi connectivity index (χ0) is 12.3. The van der Waals surface area contributed by atoms with Crippen LogP contribution < -0.4 is 11.1 Å². The van der Waals surface area contributed by atoms with Gasteiger partial charge in [0, 0.05) is 16.1 Å². The fraction of sp³-hybridized carbons (Fsp3) is 0.154. The Kier molecular flexibility index (Phi) is 3.44. The van der Waals surface area contributed by atoms with Crippen molar-refractivity contribution >= 4 is 22.9 Å². The first-order valence-electron chi connectivity index (χ1n) is 5.34. The van der Waals surface area contributed by atoms with E-state index in [4.69, 9.17) is 5.73 Å². The maximum Gasteiger partial charge on any atom is 0.251 e. The van der Waals surface area contributed by atoms with Crippen molar-refractivity contribution in [3.63, 3.8) is 0 Å². The van der Waals surface area contributed by atoms with Crippen LogP contribution in [0.25, 0.3) is 0 Å². The minimum atomic E-state index is -0.0804. The SMILES string of the molecule is Cc1c(N)cccc1C(=O)NCc1cccs1. The van der Waals surface area contributed by atoms with Crippen molar-refractivity contribution in [1.82, 2.24) is 5.32 Å². The molecule has 0 saturated carbocycles. The summed E-state index contributed by atoms with van der Waals surface area (Å²) in [5, 5.41) is 4.88. The van der Waals surface area contributed by atoms with Gasteiger partial charge in [0.15, 0.2) is 0 Å². The topological polar surface area (TPSA) is 55.1 Å². The summed E-state index contributed by atoms with van der Waals surface area (Å²) in [4.78, 5) is 13.1. The van der Waals surface area contributed by atoms with Crippen molar-refractivity contribution in [2.75, 3.05) is 5.73 Å². The van der Waals surface area contributed by atoms with Crippen LogP contribution in [-0.4, -0.2) is 5.91 Å². The number of rotatable bonds is 3. The summed E-state index contributed by atoms with van der Waals surface area (Å²) in [6.07, 6.45) is 0. The molecule has 2 rings (SSSR count). The van der Waals surface area contributed by atoms with Gasteiger partial charge in [-0.25, -0.2) is 0 Å². The Morgan fingerprint density at radius 2 is 2.18 bits per heavy atom. The lowest BCUT2D eigenvalue weighted by Gasteiger charge is -2.08. The van der Waals surface area contributed by atoms with Crippen molar-refractivity contribution in [3.8, 4) is 0 Å². The fourth-order valence-corrected chi connectivity index (χ4v) is 2.22. The van der Waals surface area contributed by atoms with Crippen LogP contribution in [0.5, 0.6) is 0 Å². The molecule has 1 aromatic heterocycles. The Hall–Kier alpha value is -1.81. The van der Waals surface area contributed by atoms with Crippen molar-refractivity contribution in [2.45, 2.75) is 13.5 Å². The molecule has 0 atom stereocenters. The van der Waals surface area contributed by atoms with Crippen molar-refractivity contribution in [2.24, 2.45) is 0 Å².